The van der Waals surface area contributed by atoms with Gasteiger partial charge in [-0.1, -0.05) is 188 Å². The van der Waals surface area contributed by atoms with E-state index >= 15 is 0 Å². The third kappa shape index (κ3) is 5.82. The molecule has 0 saturated carbocycles. The van der Waals surface area contributed by atoms with Gasteiger partial charge in [-0.25, -0.2) is 14.5 Å². The second-order valence-corrected chi connectivity index (χ2v) is 20.5. The summed E-state index contributed by atoms with van der Waals surface area (Å²) in [5, 5.41) is 7.52. The number of hydrogen-bond donors (Lipinski definition) is 0. The molecule has 0 aliphatic rings. The normalized spacial score (nSPS) is 11.9. The van der Waals surface area contributed by atoms with Gasteiger partial charge in [-0.2, -0.15) is 9.97 Å². The molecule has 0 aliphatic carbocycles. The van der Waals surface area contributed by atoms with E-state index in [2.05, 4.69) is 226 Å². The van der Waals surface area contributed by atoms with Gasteiger partial charge in [0.05, 0.1) is 33.1 Å². The summed E-state index contributed by atoms with van der Waals surface area (Å²) in [6.45, 7) is 0. The van der Waals surface area contributed by atoms with Crippen molar-refractivity contribution in [2.45, 2.75) is 0 Å². The van der Waals surface area contributed by atoms with Crippen molar-refractivity contribution in [2.24, 2.45) is 0 Å². The quantitative estimate of drug-likeness (QED) is 0.113. The second kappa shape index (κ2) is 15.2. The van der Waals surface area contributed by atoms with E-state index in [0.717, 1.165) is 44.7 Å². The third-order valence-electron chi connectivity index (χ3n) is 13.0. The molecule has 0 atom stereocenters. The Morgan fingerprint density at radius 3 is 1.58 bits per heavy atom. The van der Waals surface area contributed by atoms with Gasteiger partial charge in [0.1, 0.15) is 0 Å². The van der Waals surface area contributed by atoms with Crippen molar-refractivity contribution in [1.82, 2.24) is 33.5 Å². The van der Waals surface area contributed by atoms with Crippen LogP contribution in [0.4, 0.5) is 0 Å². The maximum absolute atomic E-state index is 5.39. The molecule has 8 heteroatoms. The van der Waals surface area contributed by atoms with Crippen molar-refractivity contribution in [1.29, 1.82) is 0 Å². The lowest BCUT2D eigenvalue weighted by Gasteiger charge is -2.34. The summed E-state index contributed by atoms with van der Waals surface area (Å²) in [5.74, 6) is 2.41. The minimum absolute atomic E-state index is 0.501. The molecule has 0 radical (unpaired) electrons. The number of fused-ring (bicyclic) bond motifs is 8. The summed E-state index contributed by atoms with van der Waals surface area (Å²) in [6.07, 6.45) is 0. The highest BCUT2D eigenvalue weighted by Gasteiger charge is 2.42. The molecule has 0 bridgehead atoms. The molecule has 0 saturated heterocycles. The zero-order valence-corrected chi connectivity index (χ0v) is 36.6. The third-order valence-corrected chi connectivity index (χ3v) is 17.8. The summed E-state index contributed by atoms with van der Waals surface area (Å²) in [4.78, 5) is 21.1. The molecule has 66 heavy (non-hydrogen) atoms. The molecule has 0 N–H and O–H groups in total. The minimum Gasteiger partial charge on any atom is -0.309 e. The molecular weight excluding hydrogens is 823 g/mol. The summed E-state index contributed by atoms with van der Waals surface area (Å²) < 4.78 is 6.66. The Kier molecular flexibility index (Phi) is 8.72. The molecule has 0 aliphatic heterocycles. The fourth-order valence-electron chi connectivity index (χ4n) is 10.2. The van der Waals surface area contributed by atoms with Crippen LogP contribution in [0.15, 0.2) is 237 Å². The summed E-state index contributed by atoms with van der Waals surface area (Å²) in [6, 6.07) is 84.6. The Bertz CT molecular complexity index is 3900. The molecular formula is C58H39N7Si. The SMILES string of the molecule is c1ccc(-c2nc(-c3cccc([Si](c4ccccc4)(c4ccccc4)c4ccc5c(c4)c4ccccc4n5-c4ccccc4)c3)nc(-n3c4ccccc4n4c5ccccc5nc34)n2)cc1. The van der Waals surface area contributed by atoms with Crippen molar-refractivity contribution in [3.8, 4) is 34.4 Å². The summed E-state index contributed by atoms with van der Waals surface area (Å²) in [5.41, 5.74) is 9.21. The molecule has 4 heterocycles. The van der Waals surface area contributed by atoms with Crippen molar-refractivity contribution in [3.63, 3.8) is 0 Å². The molecule has 13 aromatic rings. The van der Waals surface area contributed by atoms with E-state index in [1.165, 1.54) is 42.6 Å². The predicted octanol–water partition coefficient (Wildman–Crippen LogP) is 10.4. The summed E-state index contributed by atoms with van der Waals surface area (Å²) in [7, 11) is -3.07. The topological polar surface area (TPSA) is 65.8 Å². The van der Waals surface area contributed by atoms with E-state index in [1.807, 2.05) is 24.3 Å². The van der Waals surface area contributed by atoms with Gasteiger partial charge in [-0.05, 0) is 69.3 Å². The molecule has 4 aromatic heterocycles. The molecule has 0 amide bonds. The first-order chi connectivity index (χ1) is 32.7. The molecule has 9 aromatic carbocycles. The highest BCUT2D eigenvalue weighted by atomic mass is 28.3. The number of nitrogens with zero attached hydrogens (tertiary/aromatic N) is 7. The van der Waals surface area contributed by atoms with E-state index in [9.17, 15) is 0 Å². The van der Waals surface area contributed by atoms with Crippen LogP contribution in [-0.4, -0.2) is 41.5 Å². The van der Waals surface area contributed by atoms with Crippen LogP contribution in [0.5, 0.6) is 0 Å². The lowest BCUT2D eigenvalue weighted by Crippen LogP contribution is -2.74. The van der Waals surface area contributed by atoms with E-state index in [1.54, 1.807) is 0 Å². The molecule has 310 valence electrons. The molecule has 7 nitrogen and oxygen atoms in total. The van der Waals surface area contributed by atoms with Gasteiger partial charge in [0.15, 0.2) is 19.7 Å². The fraction of sp³-hybridized carbons (Fsp3) is 0. The highest BCUT2D eigenvalue weighted by molar-refractivity contribution is 7.20. The average molecular weight is 862 g/mol. The highest BCUT2D eigenvalue weighted by Crippen LogP contribution is 2.33. The lowest BCUT2D eigenvalue weighted by atomic mass is 10.1. The molecule has 0 unspecified atom stereocenters. The van der Waals surface area contributed by atoms with Gasteiger partial charge in [-0.3, -0.25) is 4.40 Å². The maximum atomic E-state index is 5.39. The Hall–Kier alpha value is -8.72. The van der Waals surface area contributed by atoms with Gasteiger partial charge in [-0.15, -0.1) is 0 Å². The molecule has 0 spiro atoms. The van der Waals surface area contributed by atoms with E-state index in [0.29, 0.717) is 17.6 Å². The lowest BCUT2D eigenvalue weighted by molar-refractivity contribution is 0.937. The van der Waals surface area contributed by atoms with Gasteiger partial charge >= 0.3 is 0 Å². The number of hydrogen-bond acceptors (Lipinski definition) is 4. The number of para-hydroxylation sites is 6. The first-order valence-electron chi connectivity index (χ1n) is 22.2. The van der Waals surface area contributed by atoms with Crippen LogP contribution in [-0.2, 0) is 0 Å². The smallest absolute Gasteiger partial charge is 0.241 e. The van der Waals surface area contributed by atoms with Crippen LogP contribution in [0.3, 0.4) is 0 Å². The van der Waals surface area contributed by atoms with Crippen LogP contribution in [0.1, 0.15) is 0 Å². The number of imidazole rings is 2. The Labute approximate surface area is 381 Å². The van der Waals surface area contributed by atoms with Crippen molar-refractivity contribution >= 4 is 78.5 Å². The van der Waals surface area contributed by atoms with Crippen LogP contribution in [0, 0.1) is 0 Å². The Morgan fingerprint density at radius 2 is 0.848 bits per heavy atom. The van der Waals surface area contributed by atoms with Crippen LogP contribution >= 0.6 is 0 Å². The second-order valence-electron chi connectivity index (χ2n) is 16.7. The van der Waals surface area contributed by atoms with Gasteiger partial charge in [0.2, 0.25) is 11.7 Å². The van der Waals surface area contributed by atoms with E-state index in [4.69, 9.17) is 19.9 Å². The zero-order chi connectivity index (χ0) is 43.6. The van der Waals surface area contributed by atoms with E-state index < -0.39 is 8.07 Å². The predicted molar refractivity (Wildman–Crippen MR) is 272 cm³/mol. The van der Waals surface area contributed by atoms with Crippen LogP contribution in [0.25, 0.3) is 84.1 Å². The Balaban J connectivity index is 1.08. The van der Waals surface area contributed by atoms with Crippen LogP contribution < -0.4 is 20.7 Å². The van der Waals surface area contributed by atoms with Gasteiger partial charge in [0.25, 0.3) is 0 Å². The standard InChI is InChI=1S/C58H39N7Si/c1-5-20-40(21-6-1)55-60-56(62-57(61-55)65-54-35-18-17-34-53(54)64-52-33-16-14-31-49(52)59-58(64)65)41-22-19-29-45(38-41)66(43-25-9-3-10-26-43,44-27-11-4-12-28-44)46-36-37-51-48(39-46)47-30-13-15-32-50(47)63(51)42-23-7-2-8-24-42/h1-39H. The molecule has 0 fully saturated rings. The fourth-order valence-corrected chi connectivity index (χ4v) is 15.0. The number of rotatable bonds is 8. The first-order valence-corrected chi connectivity index (χ1v) is 24.2. The van der Waals surface area contributed by atoms with Crippen molar-refractivity contribution < 1.29 is 0 Å². The zero-order valence-electron chi connectivity index (χ0n) is 35.6. The monoisotopic (exact) mass is 861 g/mol. The maximum Gasteiger partial charge on any atom is 0.241 e. The summed E-state index contributed by atoms with van der Waals surface area (Å²) >= 11 is 0. The van der Waals surface area contributed by atoms with E-state index in [-0.39, 0.29) is 0 Å². The molecule has 13 rings (SSSR count). The van der Waals surface area contributed by atoms with Crippen molar-refractivity contribution in [2.75, 3.05) is 0 Å². The Morgan fingerprint density at radius 1 is 0.318 bits per heavy atom. The minimum atomic E-state index is -3.07. The van der Waals surface area contributed by atoms with Crippen LogP contribution in [0.2, 0.25) is 0 Å². The largest absolute Gasteiger partial charge is 0.309 e. The average Bonchev–Trinajstić information content (AvgIpc) is 4.05. The number of aromatic nitrogens is 7. The van der Waals surface area contributed by atoms with Gasteiger partial charge in [0, 0.05) is 27.6 Å². The van der Waals surface area contributed by atoms with Crippen molar-refractivity contribution in [3.05, 3.63) is 237 Å². The number of benzene rings is 9. The first kappa shape index (κ1) is 37.8. The van der Waals surface area contributed by atoms with Gasteiger partial charge < -0.3 is 4.57 Å².